The van der Waals surface area contributed by atoms with Crippen LogP contribution in [-0.2, 0) is 9.53 Å². The molecule has 18 heavy (non-hydrogen) atoms. The normalized spacial score (nSPS) is 14.1. The van der Waals surface area contributed by atoms with Crippen LogP contribution >= 0.6 is 27.5 Å². The molecule has 1 aromatic carbocycles. The number of ether oxygens (including phenoxy) is 1. The van der Waals surface area contributed by atoms with Gasteiger partial charge in [0.1, 0.15) is 6.10 Å². The summed E-state index contributed by atoms with van der Waals surface area (Å²) in [6, 6.07) is 4.82. The SMILES string of the molecule is CCOC(=O)CC(O)C(O)c1ccc(Br)c(Cl)c1. The first-order valence-corrected chi connectivity index (χ1v) is 6.59. The average molecular weight is 338 g/mol. The summed E-state index contributed by atoms with van der Waals surface area (Å²) >= 11 is 9.11. The molecule has 0 bridgehead atoms. The first-order valence-electron chi connectivity index (χ1n) is 5.42. The molecule has 0 aliphatic carbocycles. The summed E-state index contributed by atoms with van der Waals surface area (Å²) in [5.41, 5.74) is 0.444. The third-order valence-corrected chi connectivity index (χ3v) is 3.56. The Morgan fingerprint density at radius 1 is 1.50 bits per heavy atom. The van der Waals surface area contributed by atoms with Gasteiger partial charge in [0.15, 0.2) is 0 Å². The smallest absolute Gasteiger partial charge is 0.308 e. The Hall–Kier alpha value is -0.620. The maximum atomic E-state index is 11.2. The maximum Gasteiger partial charge on any atom is 0.308 e. The molecule has 2 atom stereocenters. The van der Waals surface area contributed by atoms with E-state index in [4.69, 9.17) is 16.3 Å². The van der Waals surface area contributed by atoms with Gasteiger partial charge in [-0.05, 0) is 40.5 Å². The van der Waals surface area contributed by atoms with Crippen LogP contribution in [-0.4, -0.2) is 28.9 Å². The van der Waals surface area contributed by atoms with Crippen molar-refractivity contribution in [2.24, 2.45) is 0 Å². The van der Waals surface area contributed by atoms with E-state index in [1.165, 1.54) is 6.07 Å². The minimum absolute atomic E-state index is 0.242. The molecular weight excluding hydrogens is 323 g/mol. The Morgan fingerprint density at radius 3 is 2.72 bits per heavy atom. The molecule has 4 nitrogen and oxygen atoms in total. The van der Waals surface area contributed by atoms with Crippen molar-refractivity contribution in [2.45, 2.75) is 25.6 Å². The van der Waals surface area contributed by atoms with Crippen LogP contribution in [0.4, 0.5) is 0 Å². The van der Waals surface area contributed by atoms with Crippen LogP contribution in [0.15, 0.2) is 22.7 Å². The highest BCUT2D eigenvalue weighted by atomic mass is 79.9. The van der Waals surface area contributed by atoms with E-state index in [0.717, 1.165) is 0 Å². The van der Waals surface area contributed by atoms with Crippen LogP contribution in [0.1, 0.15) is 25.0 Å². The second-order valence-electron chi connectivity index (χ2n) is 3.69. The van der Waals surface area contributed by atoms with Gasteiger partial charge < -0.3 is 14.9 Å². The molecule has 0 aromatic heterocycles. The van der Waals surface area contributed by atoms with Crippen molar-refractivity contribution in [3.05, 3.63) is 33.3 Å². The molecule has 0 saturated carbocycles. The first kappa shape index (κ1) is 15.4. The minimum atomic E-state index is -1.22. The van der Waals surface area contributed by atoms with Gasteiger partial charge in [0.25, 0.3) is 0 Å². The van der Waals surface area contributed by atoms with Crippen molar-refractivity contribution in [1.29, 1.82) is 0 Å². The lowest BCUT2D eigenvalue weighted by Gasteiger charge is -2.17. The number of aliphatic hydroxyl groups excluding tert-OH is 2. The second kappa shape index (κ2) is 7.09. The summed E-state index contributed by atoms with van der Waals surface area (Å²) in [4.78, 5) is 11.2. The Labute approximate surface area is 119 Å². The van der Waals surface area contributed by atoms with Gasteiger partial charge in [0, 0.05) is 4.47 Å². The fourth-order valence-corrected chi connectivity index (χ4v) is 1.86. The molecule has 0 fully saturated rings. The zero-order chi connectivity index (χ0) is 13.7. The Bertz CT molecular complexity index is 425. The molecule has 1 rings (SSSR count). The molecule has 0 heterocycles. The van der Waals surface area contributed by atoms with E-state index in [-0.39, 0.29) is 13.0 Å². The highest BCUT2D eigenvalue weighted by Crippen LogP contribution is 2.28. The number of aliphatic hydroxyl groups is 2. The van der Waals surface area contributed by atoms with Gasteiger partial charge in [-0.3, -0.25) is 4.79 Å². The van der Waals surface area contributed by atoms with E-state index in [9.17, 15) is 15.0 Å². The zero-order valence-electron chi connectivity index (χ0n) is 9.77. The minimum Gasteiger partial charge on any atom is -0.466 e. The molecule has 2 unspecified atom stereocenters. The van der Waals surface area contributed by atoms with Gasteiger partial charge in [0.05, 0.1) is 24.2 Å². The van der Waals surface area contributed by atoms with Crippen LogP contribution in [0, 0.1) is 0 Å². The Kier molecular flexibility index (Phi) is 6.08. The number of carbonyl (C=O) groups is 1. The van der Waals surface area contributed by atoms with Crippen molar-refractivity contribution >= 4 is 33.5 Å². The molecule has 0 aliphatic heterocycles. The molecule has 1 aromatic rings. The predicted octanol–water partition coefficient (Wildman–Crippen LogP) is 2.45. The zero-order valence-corrected chi connectivity index (χ0v) is 12.1. The molecular formula is C12H14BrClO4. The van der Waals surface area contributed by atoms with Crippen LogP contribution in [0.5, 0.6) is 0 Å². The van der Waals surface area contributed by atoms with Crippen molar-refractivity contribution in [3.8, 4) is 0 Å². The highest BCUT2D eigenvalue weighted by Gasteiger charge is 2.22. The van der Waals surface area contributed by atoms with Gasteiger partial charge in [0.2, 0.25) is 0 Å². The largest absolute Gasteiger partial charge is 0.466 e. The fraction of sp³-hybridized carbons (Fsp3) is 0.417. The van der Waals surface area contributed by atoms with Gasteiger partial charge in [-0.25, -0.2) is 0 Å². The quantitative estimate of drug-likeness (QED) is 0.810. The van der Waals surface area contributed by atoms with Crippen molar-refractivity contribution in [2.75, 3.05) is 6.61 Å². The monoisotopic (exact) mass is 336 g/mol. The summed E-state index contributed by atoms with van der Waals surface area (Å²) in [5, 5.41) is 20.0. The standard InChI is InChI=1S/C12H14BrClO4/c1-2-18-11(16)6-10(15)12(17)7-3-4-8(13)9(14)5-7/h3-5,10,12,15,17H,2,6H2,1H3. The number of hydrogen-bond donors (Lipinski definition) is 2. The lowest BCUT2D eigenvalue weighted by atomic mass is 10.0. The number of esters is 1. The molecule has 0 spiro atoms. The third kappa shape index (κ3) is 4.24. The lowest BCUT2D eigenvalue weighted by molar-refractivity contribution is -0.147. The van der Waals surface area contributed by atoms with Crippen LogP contribution < -0.4 is 0 Å². The molecule has 100 valence electrons. The molecule has 0 aliphatic rings. The highest BCUT2D eigenvalue weighted by molar-refractivity contribution is 9.10. The molecule has 6 heteroatoms. The fourth-order valence-electron chi connectivity index (χ4n) is 1.42. The van der Waals surface area contributed by atoms with E-state index in [1.807, 2.05) is 0 Å². The van der Waals surface area contributed by atoms with E-state index in [0.29, 0.717) is 15.1 Å². The topological polar surface area (TPSA) is 66.8 Å². The summed E-state index contributed by atoms with van der Waals surface area (Å²) < 4.78 is 5.39. The third-order valence-electron chi connectivity index (χ3n) is 2.33. The van der Waals surface area contributed by atoms with Crippen molar-refractivity contribution in [3.63, 3.8) is 0 Å². The number of rotatable bonds is 5. The lowest BCUT2D eigenvalue weighted by Crippen LogP contribution is -2.23. The average Bonchev–Trinajstić information content (AvgIpc) is 2.32. The Morgan fingerprint density at radius 2 is 2.17 bits per heavy atom. The number of benzene rings is 1. The molecule has 0 radical (unpaired) electrons. The maximum absolute atomic E-state index is 11.2. The first-order chi connectivity index (χ1) is 8.45. The number of hydrogen-bond acceptors (Lipinski definition) is 4. The van der Waals surface area contributed by atoms with Crippen molar-refractivity contribution < 1.29 is 19.7 Å². The van der Waals surface area contributed by atoms with E-state index >= 15 is 0 Å². The van der Waals surface area contributed by atoms with Crippen LogP contribution in [0.25, 0.3) is 0 Å². The van der Waals surface area contributed by atoms with E-state index < -0.39 is 18.2 Å². The van der Waals surface area contributed by atoms with Crippen LogP contribution in [0.2, 0.25) is 5.02 Å². The second-order valence-corrected chi connectivity index (χ2v) is 4.96. The molecule has 0 saturated heterocycles. The summed E-state index contributed by atoms with van der Waals surface area (Å²) in [6.45, 7) is 1.92. The van der Waals surface area contributed by atoms with E-state index in [1.54, 1.807) is 19.1 Å². The predicted molar refractivity (Wildman–Crippen MR) is 71.4 cm³/mol. The van der Waals surface area contributed by atoms with Crippen molar-refractivity contribution in [1.82, 2.24) is 0 Å². The van der Waals surface area contributed by atoms with E-state index in [2.05, 4.69) is 15.9 Å². The summed E-state index contributed by atoms with van der Waals surface area (Å²) in [7, 11) is 0. The van der Waals surface area contributed by atoms with Crippen LogP contribution in [0.3, 0.4) is 0 Å². The van der Waals surface area contributed by atoms with Gasteiger partial charge in [-0.1, -0.05) is 17.7 Å². The summed E-state index contributed by atoms with van der Waals surface area (Å²) in [6.07, 6.45) is -2.66. The Balaban J connectivity index is 2.70. The van der Waals surface area contributed by atoms with Gasteiger partial charge in [-0.15, -0.1) is 0 Å². The van der Waals surface area contributed by atoms with Gasteiger partial charge in [-0.2, -0.15) is 0 Å². The molecule has 2 N–H and O–H groups in total. The number of carbonyl (C=O) groups excluding carboxylic acids is 1. The van der Waals surface area contributed by atoms with Gasteiger partial charge >= 0.3 is 5.97 Å². The number of halogens is 2. The summed E-state index contributed by atoms with van der Waals surface area (Å²) in [5.74, 6) is -0.549. The molecule has 0 amide bonds.